The van der Waals surface area contributed by atoms with Gasteiger partial charge in [0.25, 0.3) is 5.56 Å². The average molecular weight is 532 g/mol. The minimum Gasteiger partial charge on any atom is -0.410 e. The normalized spacial score (nSPS) is 16.4. The number of anilines is 1. The Balaban J connectivity index is 1.35. The highest BCUT2D eigenvalue weighted by Gasteiger charge is 2.35. The van der Waals surface area contributed by atoms with Crippen molar-refractivity contribution < 1.29 is 31.8 Å². The van der Waals surface area contributed by atoms with Crippen LogP contribution in [0.1, 0.15) is 42.1 Å². The van der Waals surface area contributed by atoms with Crippen molar-refractivity contribution in [1.82, 2.24) is 14.5 Å². The van der Waals surface area contributed by atoms with Gasteiger partial charge in [-0.05, 0) is 67.1 Å². The molecule has 2 aliphatic rings. The summed E-state index contributed by atoms with van der Waals surface area (Å²) < 4.78 is 61.1. The Kier molecular flexibility index (Phi) is 6.72. The molecule has 0 radical (unpaired) electrons. The van der Waals surface area contributed by atoms with Crippen molar-refractivity contribution in [2.24, 2.45) is 5.92 Å². The van der Waals surface area contributed by atoms with Crippen LogP contribution in [0.5, 0.6) is 11.5 Å². The molecular weight excluding hydrogens is 508 g/mol. The molecule has 38 heavy (non-hydrogen) atoms. The maximum absolute atomic E-state index is 13.6. The number of carbonyl (C=O) groups is 1. The fraction of sp³-hybridized carbons (Fsp3) is 0.346. The lowest BCUT2D eigenvalue weighted by molar-refractivity contribution is -0.274. The molecule has 1 aliphatic heterocycles. The molecule has 1 saturated carbocycles. The van der Waals surface area contributed by atoms with Crippen molar-refractivity contribution >= 4 is 12.0 Å². The van der Waals surface area contributed by atoms with Crippen molar-refractivity contribution in [2.45, 2.75) is 44.6 Å². The molecule has 0 saturated heterocycles. The second-order valence-electron chi connectivity index (χ2n) is 9.32. The Hall–Kier alpha value is -4.09. The molecule has 0 spiro atoms. The maximum atomic E-state index is 13.6. The van der Waals surface area contributed by atoms with Gasteiger partial charge in [0.05, 0.1) is 18.3 Å². The van der Waals surface area contributed by atoms with E-state index in [0.717, 1.165) is 37.0 Å². The van der Waals surface area contributed by atoms with Gasteiger partial charge in [0.15, 0.2) is 0 Å². The van der Waals surface area contributed by atoms with Crippen LogP contribution in [-0.2, 0) is 13.0 Å². The fourth-order valence-electron chi connectivity index (χ4n) is 4.87. The van der Waals surface area contributed by atoms with E-state index in [1.54, 1.807) is 12.1 Å². The minimum absolute atomic E-state index is 0.00504. The summed E-state index contributed by atoms with van der Waals surface area (Å²) in [5, 5.41) is 0. The summed E-state index contributed by atoms with van der Waals surface area (Å²) in [7, 11) is 0. The summed E-state index contributed by atoms with van der Waals surface area (Å²) in [4.78, 5) is 32.1. The number of aromatic nitrogens is 2. The van der Waals surface area contributed by atoms with Crippen LogP contribution in [0, 0.1) is 11.7 Å². The Morgan fingerprint density at radius 1 is 1.05 bits per heavy atom. The zero-order valence-corrected chi connectivity index (χ0v) is 20.1. The van der Waals surface area contributed by atoms with E-state index in [-0.39, 0.29) is 54.5 Å². The first-order valence-electron chi connectivity index (χ1n) is 12.1. The number of nitrogens with two attached hydrogens (primary N) is 1. The van der Waals surface area contributed by atoms with E-state index in [0.29, 0.717) is 11.3 Å². The number of halogens is 4. The van der Waals surface area contributed by atoms with Crippen LogP contribution >= 0.6 is 0 Å². The van der Waals surface area contributed by atoms with Crippen LogP contribution in [0.15, 0.2) is 53.3 Å². The Labute approximate surface area is 214 Å². The number of rotatable bonds is 5. The van der Waals surface area contributed by atoms with Crippen molar-refractivity contribution in [3.63, 3.8) is 0 Å². The quantitative estimate of drug-likeness (QED) is 0.474. The number of hydrogen-bond acceptors (Lipinski definition) is 6. The third kappa shape index (κ3) is 5.29. The van der Waals surface area contributed by atoms with Crippen LogP contribution in [0.4, 0.5) is 28.3 Å². The van der Waals surface area contributed by atoms with Gasteiger partial charge in [-0.1, -0.05) is 18.6 Å². The summed E-state index contributed by atoms with van der Waals surface area (Å²) in [5.74, 6) is -0.613. The first-order valence-corrected chi connectivity index (χ1v) is 12.1. The van der Waals surface area contributed by atoms with E-state index >= 15 is 0 Å². The molecule has 3 aromatic rings. The van der Waals surface area contributed by atoms with E-state index in [4.69, 9.17) is 10.5 Å². The predicted octanol–water partition coefficient (Wildman–Crippen LogP) is 4.81. The second kappa shape index (κ2) is 9.99. The fourth-order valence-corrected chi connectivity index (χ4v) is 4.87. The van der Waals surface area contributed by atoms with Crippen molar-refractivity contribution in [2.75, 3.05) is 12.3 Å². The van der Waals surface area contributed by atoms with Gasteiger partial charge in [0.1, 0.15) is 17.3 Å². The van der Waals surface area contributed by atoms with Crippen LogP contribution in [0.3, 0.4) is 0 Å². The smallest absolute Gasteiger partial charge is 0.410 e. The van der Waals surface area contributed by atoms with E-state index < -0.39 is 18.2 Å². The first kappa shape index (κ1) is 25.6. The highest BCUT2D eigenvalue weighted by atomic mass is 19.4. The lowest BCUT2D eigenvalue weighted by Crippen LogP contribution is -2.44. The van der Waals surface area contributed by atoms with Crippen LogP contribution in [0.2, 0.25) is 0 Å². The Morgan fingerprint density at radius 2 is 1.71 bits per heavy atom. The summed E-state index contributed by atoms with van der Waals surface area (Å²) in [6.07, 6.45) is -2.51. The number of alkyl halides is 3. The molecule has 1 aliphatic carbocycles. The molecule has 12 heteroatoms. The van der Waals surface area contributed by atoms with Gasteiger partial charge in [0, 0.05) is 12.1 Å². The zero-order valence-electron chi connectivity index (χ0n) is 20.1. The molecule has 2 heterocycles. The van der Waals surface area contributed by atoms with Gasteiger partial charge in [-0.25, -0.2) is 14.2 Å². The highest BCUT2D eigenvalue weighted by Crippen LogP contribution is 2.40. The highest BCUT2D eigenvalue weighted by molar-refractivity contribution is 5.71. The number of amides is 1. The molecule has 2 N–H and O–H groups in total. The summed E-state index contributed by atoms with van der Waals surface area (Å²) >= 11 is 0. The van der Waals surface area contributed by atoms with Crippen LogP contribution in [-0.4, -0.2) is 33.5 Å². The van der Waals surface area contributed by atoms with Gasteiger partial charge < -0.3 is 20.1 Å². The third-order valence-corrected chi connectivity index (χ3v) is 6.90. The molecule has 1 aromatic heterocycles. The molecular formula is C26H24F4N4O4. The Morgan fingerprint density at radius 3 is 2.32 bits per heavy atom. The third-order valence-electron chi connectivity index (χ3n) is 6.90. The van der Waals surface area contributed by atoms with E-state index in [9.17, 15) is 27.2 Å². The molecule has 0 bridgehead atoms. The predicted molar refractivity (Wildman–Crippen MR) is 128 cm³/mol. The number of carbonyl (C=O) groups excluding carboxylic acids is 1. The number of benzene rings is 2. The molecule has 2 aromatic carbocycles. The van der Waals surface area contributed by atoms with E-state index in [1.165, 1.54) is 33.7 Å². The van der Waals surface area contributed by atoms with Gasteiger partial charge in [0.2, 0.25) is 5.95 Å². The van der Waals surface area contributed by atoms with E-state index in [2.05, 4.69) is 9.72 Å². The van der Waals surface area contributed by atoms with Gasteiger partial charge in [-0.3, -0.25) is 9.36 Å². The Bertz CT molecular complexity index is 1390. The van der Waals surface area contributed by atoms with Gasteiger partial charge in [-0.15, -0.1) is 13.2 Å². The maximum Gasteiger partial charge on any atom is 0.573 e. The van der Waals surface area contributed by atoms with Crippen LogP contribution < -0.4 is 20.8 Å². The number of nitrogen functional groups attached to an aromatic ring is 1. The molecule has 5 rings (SSSR count). The molecule has 8 nitrogen and oxygen atoms in total. The van der Waals surface area contributed by atoms with Gasteiger partial charge in [-0.2, -0.15) is 0 Å². The van der Waals surface area contributed by atoms with Crippen molar-refractivity contribution in [1.29, 1.82) is 0 Å². The number of nitrogens with zero attached hydrogens (tertiary/aromatic N) is 3. The minimum atomic E-state index is -4.83. The lowest BCUT2D eigenvalue weighted by atomic mass is 9.77. The van der Waals surface area contributed by atoms with Gasteiger partial charge >= 0.3 is 12.5 Å². The second-order valence-corrected chi connectivity index (χ2v) is 9.32. The molecule has 1 atom stereocenters. The standard InChI is InChI=1S/C26H24F4N4O4/c27-17-6-4-16(5-7-17)22(15-2-1-3-15)34-23(35)20-12-13-33(14-21(20)32-24(34)31)25(36)37-18-8-10-19(11-9-18)38-26(28,29)30/h4-11,15,22H,1-3,12-14H2,(H2,31,32). The van der Waals surface area contributed by atoms with Crippen molar-refractivity contribution in [3.05, 3.63) is 81.5 Å². The monoisotopic (exact) mass is 532 g/mol. The summed E-state index contributed by atoms with van der Waals surface area (Å²) in [6, 6.07) is 10.1. The topological polar surface area (TPSA) is 99.7 Å². The van der Waals surface area contributed by atoms with Crippen molar-refractivity contribution in [3.8, 4) is 11.5 Å². The van der Waals surface area contributed by atoms with Crippen LogP contribution in [0.25, 0.3) is 0 Å². The molecule has 1 unspecified atom stereocenters. The average Bonchev–Trinajstić information content (AvgIpc) is 2.83. The summed E-state index contributed by atoms with van der Waals surface area (Å²) in [6.45, 7) is 0.154. The number of fused-ring (bicyclic) bond motifs is 1. The summed E-state index contributed by atoms with van der Waals surface area (Å²) in [5.41, 5.74) is 7.57. The lowest BCUT2D eigenvalue weighted by Gasteiger charge is -2.36. The first-order chi connectivity index (χ1) is 18.1. The number of ether oxygens (including phenoxy) is 2. The SMILES string of the molecule is Nc1nc2c(c(=O)n1C(c1ccc(F)cc1)C1CCC1)CCN(C(=O)Oc1ccc(OC(F)(F)F)cc1)C2. The largest absolute Gasteiger partial charge is 0.573 e. The number of hydrogen-bond donors (Lipinski definition) is 1. The zero-order chi connectivity index (χ0) is 27.0. The molecule has 200 valence electrons. The van der Waals surface area contributed by atoms with E-state index in [1.807, 2.05) is 0 Å². The molecule has 1 amide bonds. The molecule has 1 fully saturated rings.